The van der Waals surface area contributed by atoms with Gasteiger partial charge in [-0.15, -0.1) is 0 Å². The van der Waals surface area contributed by atoms with Crippen LogP contribution in [0.25, 0.3) is 0 Å². The van der Waals surface area contributed by atoms with E-state index in [0.717, 1.165) is 11.1 Å². The number of benzene rings is 3. The van der Waals surface area contributed by atoms with Crippen LogP contribution in [0.4, 0.5) is 0 Å². The predicted molar refractivity (Wildman–Crippen MR) is 135 cm³/mol. The van der Waals surface area contributed by atoms with Crippen LogP contribution < -0.4 is 15.5 Å². The molecule has 0 heterocycles. The van der Waals surface area contributed by atoms with E-state index in [9.17, 15) is 9.59 Å². The molecule has 0 bridgehead atoms. The molecule has 3 rings (SSSR count). The Morgan fingerprint density at radius 1 is 1.00 bits per heavy atom. The Kier molecular flexibility index (Phi) is 9.08. The molecule has 2 amide bonds. The summed E-state index contributed by atoms with van der Waals surface area (Å²) in [5, 5.41) is 7.52. The summed E-state index contributed by atoms with van der Waals surface area (Å²) in [6.45, 7) is 4.75. The first-order chi connectivity index (χ1) is 16.3. The van der Waals surface area contributed by atoms with E-state index in [1.807, 2.05) is 24.3 Å². The van der Waals surface area contributed by atoms with Crippen LogP contribution in [0.15, 0.2) is 71.8 Å². The molecule has 0 spiro atoms. The molecule has 0 saturated heterocycles. The first kappa shape index (κ1) is 25.3. The van der Waals surface area contributed by atoms with E-state index in [1.165, 1.54) is 11.8 Å². The number of nitrogens with zero attached hydrogens (tertiary/aromatic N) is 1. The van der Waals surface area contributed by atoms with Crippen molar-refractivity contribution in [1.82, 2.24) is 10.7 Å². The summed E-state index contributed by atoms with van der Waals surface area (Å²) >= 11 is 12.1. The third kappa shape index (κ3) is 7.61. The number of halogens is 2. The summed E-state index contributed by atoms with van der Waals surface area (Å²) in [5.41, 5.74) is 5.84. The number of carbonyl (C=O) groups is 2. The van der Waals surface area contributed by atoms with Gasteiger partial charge in [0, 0.05) is 22.2 Å². The zero-order valence-electron chi connectivity index (χ0n) is 18.8. The van der Waals surface area contributed by atoms with E-state index in [2.05, 4.69) is 29.7 Å². The Morgan fingerprint density at radius 2 is 1.76 bits per heavy atom. The minimum absolute atomic E-state index is 0.255. The van der Waals surface area contributed by atoms with Crippen molar-refractivity contribution in [3.05, 3.63) is 99.0 Å². The lowest BCUT2D eigenvalue weighted by molar-refractivity contribution is -0.139. The van der Waals surface area contributed by atoms with Crippen LogP contribution in [0.2, 0.25) is 10.0 Å². The zero-order chi connectivity index (χ0) is 24.5. The molecule has 0 saturated carbocycles. The Morgan fingerprint density at radius 3 is 2.47 bits per heavy atom. The number of hydrogen-bond donors (Lipinski definition) is 2. The molecule has 2 N–H and O–H groups in total. The maximum absolute atomic E-state index is 12.0. The number of amides is 2. The monoisotopic (exact) mass is 497 g/mol. The largest absolute Gasteiger partial charge is 0.489 e. The molecule has 0 fully saturated rings. The smallest absolute Gasteiger partial charge is 0.329 e. The van der Waals surface area contributed by atoms with Gasteiger partial charge in [0.05, 0.1) is 6.21 Å². The van der Waals surface area contributed by atoms with Gasteiger partial charge in [-0.1, -0.05) is 79.5 Å². The van der Waals surface area contributed by atoms with Gasteiger partial charge in [0.2, 0.25) is 0 Å². The minimum atomic E-state index is -0.847. The normalized spacial score (nSPS) is 11.0. The summed E-state index contributed by atoms with van der Waals surface area (Å²) in [6.07, 6.45) is 1.43. The summed E-state index contributed by atoms with van der Waals surface area (Å²) in [6, 6.07) is 20.2. The van der Waals surface area contributed by atoms with Gasteiger partial charge in [-0.25, -0.2) is 5.43 Å². The fourth-order valence-corrected chi connectivity index (χ4v) is 3.45. The standard InChI is InChI=1S/C26H25Cl2N3O3/c1-17(2)20-8-6-18(7-9-20)14-29-25(32)26(33)31-30-15-19-4-3-5-23(12-19)34-16-21-10-11-22(27)13-24(21)28/h3-13,15,17H,14,16H2,1-2H3,(H,29,32)(H,31,33)/b30-15-. The number of nitrogens with one attached hydrogen (secondary N) is 2. The lowest BCUT2D eigenvalue weighted by Gasteiger charge is -2.09. The third-order valence-corrected chi connectivity index (χ3v) is 5.54. The van der Waals surface area contributed by atoms with Gasteiger partial charge in [-0.2, -0.15) is 5.10 Å². The Bertz CT molecular complexity index is 1180. The van der Waals surface area contributed by atoms with Gasteiger partial charge in [-0.05, 0) is 46.9 Å². The van der Waals surface area contributed by atoms with Gasteiger partial charge >= 0.3 is 11.8 Å². The van der Waals surface area contributed by atoms with Gasteiger partial charge < -0.3 is 10.1 Å². The van der Waals surface area contributed by atoms with Gasteiger partial charge in [0.1, 0.15) is 12.4 Å². The molecule has 3 aromatic rings. The highest BCUT2D eigenvalue weighted by Crippen LogP contribution is 2.23. The number of rotatable bonds is 8. The molecular formula is C26H25Cl2N3O3. The second-order valence-electron chi connectivity index (χ2n) is 7.87. The Hall–Kier alpha value is -3.35. The van der Waals surface area contributed by atoms with Gasteiger partial charge in [-0.3, -0.25) is 9.59 Å². The molecule has 3 aromatic carbocycles. The second-order valence-corrected chi connectivity index (χ2v) is 8.72. The molecule has 0 radical (unpaired) electrons. The lowest BCUT2D eigenvalue weighted by atomic mass is 10.0. The lowest BCUT2D eigenvalue weighted by Crippen LogP contribution is -2.37. The Balaban J connectivity index is 1.47. The van der Waals surface area contributed by atoms with Crippen LogP contribution in [0.1, 0.15) is 42.0 Å². The van der Waals surface area contributed by atoms with Crippen molar-refractivity contribution in [3.63, 3.8) is 0 Å². The van der Waals surface area contributed by atoms with Crippen molar-refractivity contribution >= 4 is 41.2 Å². The average Bonchev–Trinajstić information content (AvgIpc) is 2.82. The fourth-order valence-electron chi connectivity index (χ4n) is 2.98. The molecule has 0 aliphatic rings. The molecule has 0 aliphatic carbocycles. The van der Waals surface area contributed by atoms with Crippen LogP contribution in [0.5, 0.6) is 5.75 Å². The van der Waals surface area contributed by atoms with Gasteiger partial charge in [0.15, 0.2) is 0 Å². The first-order valence-corrected chi connectivity index (χ1v) is 11.4. The van der Waals surface area contributed by atoms with E-state index in [1.54, 1.807) is 42.5 Å². The molecule has 0 atom stereocenters. The molecule has 0 unspecified atom stereocenters. The molecule has 34 heavy (non-hydrogen) atoms. The van der Waals surface area contributed by atoms with Crippen molar-refractivity contribution < 1.29 is 14.3 Å². The van der Waals surface area contributed by atoms with Crippen molar-refractivity contribution in [2.75, 3.05) is 0 Å². The molecular weight excluding hydrogens is 473 g/mol. The van der Waals surface area contributed by atoms with Crippen LogP contribution in [-0.4, -0.2) is 18.0 Å². The average molecular weight is 498 g/mol. The predicted octanol–water partition coefficient (Wildman–Crippen LogP) is 5.46. The summed E-state index contributed by atoms with van der Waals surface area (Å²) in [7, 11) is 0. The van der Waals surface area contributed by atoms with E-state index in [-0.39, 0.29) is 13.2 Å². The van der Waals surface area contributed by atoms with Crippen LogP contribution >= 0.6 is 23.2 Å². The highest BCUT2D eigenvalue weighted by atomic mass is 35.5. The maximum Gasteiger partial charge on any atom is 0.329 e. The fraction of sp³-hybridized carbons (Fsp3) is 0.192. The molecule has 6 nitrogen and oxygen atoms in total. The molecule has 176 valence electrons. The van der Waals surface area contributed by atoms with E-state index >= 15 is 0 Å². The molecule has 0 aliphatic heterocycles. The zero-order valence-corrected chi connectivity index (χ0v) is 20.4. The van der Waals surface area contributed by atoms with E-state index < -0.39 is 11.8 Å². The quantitative estimate of drug-likeness (QED) is 0.246. The summed E-state index contributed by atoms with van der Waals surface area (Å²) in [5.74, 6) is -0.578. The first-order valence-electron chi connectivity index (χ1n) is 10.7. The van der Waals surface area contributed by atoms with Gasteiger partial charge in [0.25, 0.3) is 0 Å². The molecule has 0 aromatic heterocycles. The number of carbonyl (C=O) groups excluding carboxylic acids is 2. The van der Waals surface area contributed by atoms with E-state index in [4.69, 9.17) is 27.9 Å². The van der Waals surface area contributed by atoms with Crippen LogP contribution in [0, 0.1) is 0 Å². The highest BCUT2D eigenvalue weighted by molar-refractivity contribution is 6.35. The molecule has 8 heteroatoms. The maximum atomic E-state index is 12.0. The SMILES string of the molecule is CC(C)c1ccc(CNC(=O)C(=O)N/N=C\c2cccc(OCc3ccc(Cl)cc3Cl)c2)cc1. The summed E-state index contributed by atoms with van der Waals surface area (Å²) < 4.78 is 5.77. The highest BCUT2D eigenvalue weighted by Gasteiger charge is 2.12. The minimum Gasteiger partial charge on any atom is -0.489 e. The van der Waals surface area contributed by atoms with Crippen molar-refractivity contribution in [2.24, 2.45) is 5.10 Å². The van der Waals surface area contributed by atoms with Crippen LogP contribution in [0.3, 0.4) is 0 Å². The summed E-state index contributed by atoms with van der Waals surface area (Å²) in [4.78, 5) is 24.0. The third-order valence-electron chi connectivity index (χ3n) is 4.95. The second kappa shape index (κ2) is 12.2. The Labute approximate surface area is 208 Å². The van der Waals surface area contributed by atoms with E-state index in [0.29, 0.717) is 27.3 Å². The number of ether oxygens (including phenoxy) is 1. The number of hydrazone groups is 1. The van der Waals surface area contributed by atoms with Crippen molar-refractivity contribution in [3.8, 4) is 5.75 Å². The van der Waals surface area contributed by atoms with Crippen molar-refractivity contribution in [1.29, 1.82) is 0 Å². The topological polar surface area (TPSA) is 79.8 Å². The van der Waals surface area contributed by atoms with Crippen molar-refractivity contribution in [2.45, 2.75) is 32.9 Å². The van der Waals surface area contributed by atoms with Crippen LogP contribution in [-0.2, 0) is 22.7 Å². The number of hydrogen-bond acceptors (Lipinski definition) is 4.